The number of Topliss-reactive ketones (excluding diaryl/α,β-unsaturated/α-hetero) is 1. The standard InChI is InChI=1S/C19H28N2OS/c1-14-11-12-19(4,18(14,2)3)16(22)13-21(5)17(23)20-15-9-7-6-8-10-15/h6-10,14H,11-13H2,1-5H3,(H,20,23)/t14-,19+/m0/s1. The van der Waals surface area contributed by atoms with Crippen molar-refractivity contribution in [2.45, 2.75) is 40.5 Å². The molecule has 3 nitrogen and oxygen atoms in total. The quantitative estimate of drug-likeness (QED) is 0.831. The van der Waals surface area contributed by atoms with Gasteiger partial charge in [-0.1, -0.05) is 45.9 Å². The molecule has 0 spiro atoms. The van der Waals surface area contributed by atoms with E-state index in [1.165, 1.54) is 0 Å². The smallest absolute Gasteiger partial charge is 0.173 e. The van der Waals surface area contributed by atoms with Crippen molar-refractivity contribution < 1.29 is 4.79 Å². The third kappa shape index (κ3) is 3.42. The Labute approximate surface area is 145 Å². The van der Waals surface area contributed by atoms with Crippen LogP contribution in [-0.4, -0.2) is 29.4 Å². The van der Waals surface area contributed by atoms with E-state index in [9.17, 15) is 4.79 Å². The van der Waals surface area contributed by atoms with Crippen molar-refractivity contribution in [3.8, 4) is 0 Å². The first-order chi connectivity index (χ1) is 10.7. The Morgan fingerprint density at radius 2 is 1.91 bits per heavy atom. The third-order valence-corrected chi connectivity index (χ3v) is 6.51. The summed E-state index contributed by atoms with van der Waals surface area (Å²) in [5.74, 6) is 0.850. The van der Waals surface area contributed by atoms with Crippen molar-refractivity contribution in [1.82, 2.24) is 4.90 Å². The Kier molecular flexibility index (Phi) is 5.14. The van der Waals surface area contributed by atoms with E-state index in [1.807, 2.05) is 42.3 Å². The zero-order valence-electron chi connectivity index (χ0n) is 14.8. The first-order valence-corrected chi connectivity index (χ1v) is 8.70. The van der Waals surface area contributed by atoms with Crippen molar-refractivity contribution in [3.05, 3.63) is 30.3 Å². The lowest BCUT2D eigenvalue weighted by Gasteiger charge is -2.40. The highest BCUT2D eigenvalue weighted by Gasteiger charge is 2.53. The molecule has 4 heteroatoms. The summed E-state index contributed by atoms with van der Waals surface area (Å²) in [5.41, 5.74) is 0.695. The van der Waals surface area contributed by atoms with Crippen LogP contribution in [0.5, 0.6) is 0 Å². The average molecular weight is 333 g/mol. The molecule has 0 radical (unpaired) electrons. The molecule has 1 saturated carbocycles. The SMILES string of the molecule is C[C@H]1CC[C@](C)(C(=O)CN(C)C(=S)Nc2ccccc2)C1(C)C. The number of anilines is 1. The normalized spacial score (nSPS) is 25.9. The van der Waals surface area contributed by atoms with Crippen LogP contribution in [0.15, 0.2) is 30.3 Å². The topological polar surface area (TPSA) is 32.3 Å². The molecule has 0 aliphatic heterocycles. The zero-order chi connectivity index (χ0) is 17.3. The molecule has 1 fully saturated rings. The molecular weight excluding hydrogens is 304 g/mol. The van der Waals surface area contributed by atoms with Crippen LogP contribution >= 0.6 is 12.2 Å². The Morgan fingerprint density at radius 1 is 1.30 bits per heavy atom. The highest BCUT2D eigenvalue weighted by molar-refractivity contribution is 7.80. The maximum atomic E-state index is 13.0. The zero-order valence-corrected chi connectivity index (χ0v) is 15.7. The summed E-state index contributed by atoms with van der Waals surface area (Å²) in [6.07, 6.45) is 2.08. The molecule has 1 aromatic carbocycles. The van der Waals surface area contributed by atoms with Gasteiger partial charge in [0.2, 0.25) is 0 Å². The predicted molar refractivity (Wildman–Crippen MR) is 101 cm³/mol. The minimum atomic E-state index is -0.275. The molecule has 0 unspecified atom stereocenters. The summed E-state index contributed by atoms with van der Waals surface area (Å²) in [4.78, 5) is 14.8. The molecule has 23 heavy (non-hydrogen) atoms. The lowest BCUT2D eigenvalue weighted by molar-refractivity contribution is -0.133. The van der Waals surface area contributed by atoms with Crippen LogP contribution in [-0.2, 0) is 4.79 Å². The lowest BCUT2D eigenvalue weighted by Crippen LogP contribution is -2.46. The number of hydrogen-bond acceptors (Lipinski definition) is 2. The number of benzene rings is 1. The molecule has 0 aromatic heterocycles. The van der Waals surface area contributed by atoms with Gasteiger partial charge in [-0.25, -0.2) is 0 Å². The van der Waals surface area contributed by atoms with E-state index in [-0.39, 0.29) is 16.6 Å². The Hall–Kier alpha value is -1.42. The fraction of sp³-hybridized carbons (Fsp3) is 0.579. The third-order valence-electron chi connectivity index (χ3n) is 6.10. The van der Waals surface area contributed by atoms with Crippen molar-refractivity contribution in [3.63, 3.8) is 0 Å². The van der Waals surface area contributed by atoms with Gasteiger partial charge < -0.3 is 10.2 Å². The second-order valence-electron chi connectivity index (χ2n) is 7.57. The van der Waals surface area contributed by atoms with Crippen LogP contribution in [0.1, 0.15) is 40.5 Å². The molecule has 126 valence electrons. The summed E-state index contributed by atoms with van der Waals surface area (Å²) < 4.78 is 0. The van der Waals surface area contributed by atoms with Crippen molar-refractivity contribution in [1.29, 1.82) is 0 Å². The Morgan fingerprint density at radius 3 is 2.43 bits per heavy atom. The summed E-state index contributed by atoms with van der Waals surface area (Å²) >= 11 is 5.43. The monoisotopic (exact) mass is 332 g/mol. The van der Waals surface area contributed by atoms with Crippen LogP contribution in [0.2, 0.25) is 0 Å². The second-order valence-corrected chi connectivity index (χ2v) is 7.96. The minimum absolute atomic E-state index is 0.0272. The minimum Gasteiger partial charge on any atom is -0.345 e. The summed E-state index contributed by atoms with van der Waals surface area (Å²) in [6.45, 7) is 9.18. The largest absolute Gasteiger partial charge is 0.345 e. The molecule has 2 atom stereocenters. The van der Waals surface area contributed by atoms with Gasteiger partial charge in [0.15, 0.2) is 10.9 Å². The van der Waals surface area contributed by atoms with Gasteiger partial charge in [-0.15, -0.1) is 0 Å². The van der Waals surface area contributed by atoms with E-state index in [0.29, 0.717) is 17.6 Å². The lowest BCUT2D eigenvalue weighted by atomic mass is 9.64. The van der Waals surface area contributed by atoms with E-state index in [4.69, 9.17) is 12.2 Å². The van der Waals surface area contributed by atoms with E-state index in [2.05, 4.69) is 33.0 Å². The molecule has 0 amide bonds. The molecule has 2 rings (SSSR count). The molecule has 1 aliphatic rings. The Bertz CT molecular complexity index is 584. The first kappa shape index (κ1) is 17.9. The van der Waals surface area contributed by atoms with Crippen molar-refractivity contribution in [2.24, 2.45) is 16.7 Å². The van der Waals surface area contributed by atoms with Crippen LogP contribution in [0.4, 0.5) is 5.69 Å². The highest BCUT2D eigenvalue weighted by Crippen LogP contribution is 2.56. The van der Waals surface area contributed by atoms with Crippen LogP contribution in [0, 0.1) is 16.7 Å². The van der Waals surface area contributed by atoms with Gasteiger partial charge in [0.1, 0.15) is 0 Å². The number of likely N-dealkylation sites (N-methyl/N-ethyl adjacent to an activating group) is 1. The number of ketones is 1. The van der Waals surface area contributed by atoms with E-state index >= 15 is 0 Å². The van der Waals surface area contributed by atoms with Crippen LogP contribution < -0.4 is 5.32 Å². The maximum Gasteiger partial charge on any atom is 0.173 e. The number of hydrogen-bond donors (Lipinski definition) is 1. The Balaban J connectivity index is 2.01. The predicted octanol–water partition coefficient (Wildman–Crippen LogP) is 4.35. The van der Waals surface area contributed by atoms with Crippen molar-refractivity contribution >= 4 is 28.8 Å². The maximum absolute atomic E-state index is 13.0. The molecule has 0 bridgehead atoms. The number of carbonyl (C=O) groups is 1. The number of carbonyl (C=O) groups excluding carboxylic acids is 1. The van der Waals surface area contributed by atoms with Gasteiger partial charge >= 0.3 is 0 Å². The summed E-state index contributed by atoms with van der Waals surface area (Å²) in [6, 6.07) is 9.81. The summed E-state index contributed by atoms with van der Waals surface area (Å²) in [7, 11) is 1.88. The number of thiocarbonyl (C=S) groups is 1. The van der Waals surface area contributed by atoms with Gasteiger partial charge in [-0.05, 0) is 48.5 Å². The molecule has 1 aromatic rings. The van der Waals surface area contributed by atoms with Gasteiger partial charge in [-0.2, -0.15) is 0 Å². The fourth-order valence-corrected chi connectivity index (χ4v) is 3.62. The van der Waals surface area contributed by atoms with Gasteiger partial charge in [0, 0.05) is 18.2 Å². The fourth-order valence-electron chi connectivity index (χ4n) is 3.43. The number of para-hydroxylation sites is 1. The number of nitrogens with one attached hydrogen (secondary N) is 1. The second kappa shape index (κ2) is 6.60. The molecule has 0 heterocycles. The van der Waals surface area contributed by atoms with Gasteiger partial charge in [0.05, 0.1) is 6.54 Å². The van der Waals surface area contributed by atoms with Gasteiger partial charge in [0.25, 0.3) is 0 Å². The van der Waals surface area contributed by atoms with Crippen molar-refractivity contribution in [2.75, 3.05) is 18.9 Å². The van der Waals surface area contributed by atoms with Crippen LogP contribution in [0.3, 0.4) is 0 Å². The van der Waals surface area contributed by atoms with E-state index in [0.717, 1.165) is 18.5 Å². The molecule has 0 saturated heterocycles. The van der Waals surface area contributed by atoms with Gasteiger partial charge in [-0.3, -0.25) is 4.79 Å². The molecular formula is C19H28N2OS. The number of rotatable bonds is 4. The highest BCUT2D eigenvalue weighted by atomic mass is 32.1. The first-order valence-electron chi connectivity index (χ1n) is 8.29. The number of nitrogens with zero attached hydrogens (tertiary/aromatic N) is 1. The average Bonchev–Trinajstić information content (AvgIpc) is 2.72. The van der Waals surface area contributed by atoms with E-state index < -0.39 is 0 Å². The van der Waals surface area contributed by atoms with E-state index in [1.54, 1.807) is 0 Å². The summed E-state index contributed by atoms with van der Waals surface area (Å²) in [5, 5.41) is 3.77. The molecule has 1 N–H and O–H groups in total. The van der Waals surface area contributed by atoms with Crippen LogP contribution in [0.25, 0.3) is 0 Å². The molecule has 1 aliphatic carbocycles.